The van der Waals surface area contributed by atoms with Gasteiger partial charge in [0.05, 0.1) is 19.1 Å². The second-order valence-corrected chi connectivity index (χ2v) is 3.46. The van der Waals surface area contributed by atoms with E-state index in [1.807, 2.05) is 6.07 Å². The highest BCUT2D eigenvalue weighted by molar-refractivity contribution is 5.04. The zero-order valence-corrected chi connectivity index (χ0v) is 8.75. The molecule has 0 bridgehead atoms. The SMILES string of the molecule is CN(CCNCc1ccoc1)CC(F)F. The Kier molecular flexibility index (Phi) is 5.28. The maximum absolute atomic E-state index is 11.9. The first-order valence-corrected chi connectivity index (χ1v) is 4.87. The average Bonchev–Trinajstić information content (AvgIpc) is 2.63. The zero-order valence-electron chi connectivity index (χ0n) is 8.75. The van der Waals surface area contributed by atoms with Crippen LogP contribution in [0.15, 0.2) is 23.0 Å². The fourth-order valence-corrected chi connectivity index (χ4v) is 1.22. The van der Waals surface area contributed by atoms with Crippen molar-refractivity contribution < 1.29 is 13.2 Å². The number of likely N-dealkylation sites (N-methyl/N-ethyl adjacent to an activating group) is 1. The molecule has 0 fully saturated rings. The van der Waals surface area contributed by atoms with Crippen LogP contribution in [0.5, 0.6) is 0 Å². The summed E-state index contributed by atoms with van der Waals surface area (Å²) in [7, 11) is 1.69. The van der Waals surface area contributed by atoms with E-state index in [0.29, 0.717) is 19.6 Å². The smallest absolute Gasteiger partial charge is 0.251 e. The number of furan rings is 1. The van der Waals surface area contributed by atoms with Crippen molar-refractivity contribution in [3.63, 3.8) is 0 Å². The maximum atomic E-state index is 11.9. The van der Waals surface area contributed by atoms with Gasteiger partial charge in [-0.2, -0.15) is 0 Å². The van der Waals surface area contributed by atoms with Crippen molar-refractivity contribution in [1.29, 1.82) is 0 Å². The quantitative estimate of drug-likeness (QED) is 0.704. The fourth-order valence-electron chi connectivity index (χ4n) is 1.22. The summed E-state index contributed by atoms with van der Waals surface area (Å²) in [6, 6.07) is 1.87. The van der Waals surface area contributed by atoms with Crippen molar-refractivity contribution in [3.8, 4) is 0 Å². The number of rotatable bonds is 7. The molecule has 3 nitrogen and oxygen atoms in total. The van der Waals surface area contributed by atoms with Gasteiger partial charge in [0.2, 0.25) is 0 Å². The van der Waals surface area contributed by atoms with Gasteiger partial charge in [-0.05, 0) is 13.1 Å². The van der Waals surface area contributed by atoms with Gasteiger partial charge in [-0.15, -0.1) is 0 Å². The van der Waals surface area contributed by atoms with E-state index in [1.165, 1.54) is 0 Å². The van der Waals surface area contributed by atoms with Gasteiger partial charge in [-0.25, -0.2) is 8.78 Å². The molecule has 15 heavy (non-hydrogen) atoms. The van der Waals surface area contributed by atoms with Crippen LogP contribution in [0.1, 0.15) is 5.56 Å². The highest BCUT2D eigenvalue weighted by Crippen LogP contribution is 1.98. The van der Waals surface area contributed by atoms with Crippen LogP contribution in [0, 0.1) is 0 Å². The van der Waals surface area contributed by atoms with Crippen LogP contribution < -0.4 is 5.32 Å². The molecule has 0 aromatic carbocycles. The van der Waals surface area contributed by atoms with E-state index in [-0.39, 0.29) is 6.54 Å². The first-order valence-electron chi connectivity index (χ1n) is 4.87. The number of alkyl halides is 2. The predicted molar refractivity (Wildman–Crippen MR) is 53.9 cm³/mol. The summed E-state index contributed by atoms with van der Waals surface area (Å²) in [5, 5.41) is 3.15. The standard InChI is InChI=1S/C10H16F2N2O/c1-14(7-10(11)12)4-3-13-6-9-2-5-15-8-9/h2,5,8,10,13H,3-4,6-7H2,1H3. The summed E-state index contributed by atoms with van der Waals surface area (Å²) in [4.78, 5) is 1.60. The van der Waals surface area contributed by atoms with Crippen molar-refractivity contribution in [2.75, 3.05) is 26.7 Å². The molecule has 1 N–H and O–H groups in total. The maximum Gasteiger partial charge on any atom is 0.251 e. The summed E-state index contributed by atoms with van der Waals surface area (Å²) >= 11 is 0. The summed E-state index contributed by atoms with van der Waals surface area (Å²) in [5.74, 6) is 0. The van der Waals surface area contributed by atoms with Crippen molar-refractivity contribution in [2.45, 2.75) is 13.0 Å². The number of halogens is 2. The third kappa shape index (κ3) is 5.49. The molecule has 0 aliphatic rings. The topological polar surface area (TPSA) is 28.4 Å². The van der Waals surface area contributed by atoms with E-state index in [9.17, 15) is 8.78 Å². The van der Waals surface area contributed by atoms with E-state index in [0.717, 1.165) is 5.56 Å². The van der Waals surface area contributed by atoms with Gasteiger partial charge < -0.3 is 9.73 Å². The number of hydrogen-bond acceptors (Lipinski definition) is 3. The summed E-state index contributed by atoms with van der Waals surface area (Å²) in [6.45, 7) is 1.84. The van der Waals surface area contributed by atoms with Crippen LogP contribution >= 0.6 is 0 Å². The average molecular weight is 218 g/mol. The molecular formula is C10H16F2N2O. The first-order chi connectivity index (χ1) is 7.18. The minimum absolute atomic E-state index is 0.173. The summed E-state index contributed by atoms with van der Waals surface area (Å²) in [5.41, 5.74) is 1.06. The molecule has 0 saturated carbocycles. The van der Waals surface area contributed by atoms with Gasteiger partial charge in [0.25, 0.3) is 6.43 Å². The summed E-state index contributed by atoms with van der Waals surface area (Å²) in [6.07, 6.45) is 1.01. The van der Waals surface area contributed by atoms with Crippen molar-refractivity contribution >= 4 is 0 Å². The molecule has 0 aliphatic heterocycles. The Balaban J connectivity index is 2.01. The molecule has 0 spiro atoms. The molecule has 0 saturated heterocycles. The Morgan fingerprint density at radius 3 is 2.93 bits per heavy atom. The van der Waals surface area contributed by atoms with Crippen LogP contribution in [0.3, 0.4) is 0 Å². The van der Waals surface area contributed by atoms with Gasteiger partial charge in [-0.3, -0.25) is 4.90 Å². The van der Waals surface area contributed by atoms with Crippen LogP contribution in [0.25, 0.3) is 0 Å². The van der Waals surface area contributed by atoms with E-state index in [1.54, 1.807) is 24.5 Å². The lowest BCUT2D eigenvalue weighted by atomic mass is 10.3. The van der Waals surface area contributed by atoms with Gasteiger partial charge in [0.1, 0.15) is 0 Å². The highest BCUT2D eigenvalue weighted by Gasteiger charge is 2.06. The molecule has 1 aromatic heterocycles. The van der Waals surface area contributed by atoms with Crippen molar-refractivity contribution in [3.05, 3.63) is 24.2 Å². The predicted octanol–water partition coefficient (Wildman–Crippen LogP) is 1.57. The second-order valence-electron chi connectivity index (χ2n) is 3.46. The van der Waals surface area contributed by atoms with Crippen LogP contribution in [-0.2, 0) is 6.54 Å². The monoisotopic (exact) mass is 218 g/mol. The fraction of sp³-hybridized carbons (Fsp3) is 0.600. The molecule has 1 heterocycles. The lowest BCUT2D eigenvalue weighted by Gasteiger charge is -2.15. The highest BCUT2D eigenvalue weighted by atomic mass is 19.3. The van der Waals surface area contributed by atoms with E-state index in [4.69, 9.17) is 4.42 Å². The molecule has 0 unspecified atom stereocenters. The van der Waals surface area contributed by atoms with Crippen molar-refractivity contribution in [1.82, 2.24) is 10.2 Å². The Bertz CT molecular complexity index is 252. The van der Waals surface area contributed by atoms with Crippen LogP contribution in [-0.4, -0.2) is 38.0 Å². The third-order valence-corrected chi connectivity index (χ3v) is 2.03. The number of nitrogens with one attached hydrogen (secondary N) is 1. The molecule has 86 valence electrons. The molecule has 1 rings (SSSR count). The zero-order chi connectivity index (χ0) is 11.1. The van der Waals surface area contributed by atoms with Gasteiger partial charge in [-0.1, -0.05) is 0 Å². The van der Waals surface area contributed by atoms with Crippen LogP contribution in [0.2, 0.25) is 0 Å². The molecule has 0 amide bonds. The first kappa shape index (κ1) is 12.1. The second kappa shape index (κ2) is 6.53. The van der Waals surface area contributed by atoms with Gasteiger partial charge in [0.15, 0.2) is 0 Å². The third-order valence-electron chi connectivity index (χ3n) is 2.03. The molecular weight excluding hydrogens is 202 g/mol. The summed E-state index contributed by atoms with van der Waals surface area (Å²) < 4.78 is 28.8. The lowest BCUT2D eigenvalue weighted by Crippen LogP contribution is -2.32. The number of hydrogen-bond donors (Lipinski definition) is 1. The molecule has 5 heteroatoms. The minimum atomic E-state index is -2.26. The van der Waals surface area contributed by atoms with E-state index < -0.39 is 6.43 Å². The normalized spacial score (nSPS) is 11.5. The Morgan fingerprint density at radius 1 is 1.53 bits per heavy atom. The Hall–Kier alpha value is -0.940. The Morgan fingerprint density at radius 2 is 2.33 bits per heavy atom. The number of nitrogens with zero attached hydrogens (tertiary/aromatic N) is 1. The molecule has 0 radical (unpaired) electrons. The Labute approximate surface area is 88.1 Å². The van der Waals surface area contributed by atoms with E-state index >= 15 is 0 Å². The van der Waals surface area contributed by atoms with Crippen LogP contribution in [0.4, 0.5) is 8.78 Å². The van der Waals surface area contributed by atoms with Gasteiger partial charge in [0, 0.05) is 25.2 Å². The minimum Gasteiger partial charge on any atom is -0.472 e. The largest absolute Gasteiger partial charge is 0.472 e. The lowest BCUT2D eigenvalue weighted by molar-refractivity contribution is 0.101. The van der Waals surface area contributed by atoms with Crippen molar-refractivity contribution in [2.24, 2.45) is 0 Å². The molecule has 1 aromatic rings. The van der Waals surface area contributed by atoms with E-state index in [2.05, 4.69) is 5.32 Å². The van der Waals surface area contributed by atoms with Gasteiger partial charge >= 0.3 is 0 Å². The molecule has 0 atom stereocenters. The molecule has 0 aliphatic carbocycles.